The topological polar surface area (TPSA) is 3.24 Å². The highest BCUT2D eigenvalue weighted by molar-refractivity contribution is 7.80. The lowest BCUT2D eigenvalue weighted by atomic mass is 10.1. The van der Waals surface area contributed by atoms with Gasteiger partial charge >= 0.3 is 0 Å². The molecule has 0 amide bonds. The van der Waals surface area contributed by atoms with E-state index in [1.165, 1.54) is 18.4 Å². The minimum atomic E-state index is 0.466. The molecule has 1 unspecified atom stereocenters. The third-order valence-corrected chi connectivity index (χ3v) is 3.36. The molecule has 0 N–H and O–H groups in total. The molecule has 1 aromatic rings. The minimum Gasteiger partial charge on any atom is -0.297 e. The van der Waals surface area contributed by atoms with Crippen molar-refractivity contribution in [3.63, 3.8) is 0 Å². The monoisotopic (exact) mass is 237 g/mol. The molecule has 0 saturated heterocycles. The molecule has 0 aromatic heterocycles. The second-order valence-corrected chi connectivity index (χ2v) is 4.75. The number of hydrogen-bond donors (Lipinski definition) is 1. The summed E-state index contributed by atoms with van der Waals surface area (Å²) in [6.45, 7) is 9.08. The zero-order chi connectivity index (χ0) is 12.0. The largest absolute Gasteiger partial charge is 0.297 e. The van der Waals surface area contributed by atoms with E-state index >= 15 is 0 Å². The average Bonchev–Trinajstić information content (AvgIpc) is 2.28. The van der Waals surface area contributed by atoms with Crippen LogP contribution in [0, 0.1) is 0 Å². The molecule has 0 saturated carbocycles. The van der Waals surface area contributed by atoms with Crippen LogP contribution in [0.4, 0.5) is 0 Å². The Hall–Kier alpha value is -0.470. The summed E-state index contributed by atoms with van der Waals surface area (Å²) in [4.78, 5) is 3.64. The minimum absolute atomic E-state index is 0.466. The summed E-state index contributed by atoms with van der Waals surface area (Å²) in [6, 6.07) is 8.87. The zero-order valence-corrected chi connectivity index (χ0v) is 11.5. The van der Waals surface area contributed by atoms with E-state index in [4.69, 9.17) is 0 Å². The first kappa shape index (κ1) is 13.6. The lowest BCUT2D eigenvalue weighted by Crippen LogP contribution is -2.28. The molecule has 0 spiro atoms. The fraction of sp³-hybridized carbons (Fsp3) is 0.571. The fourth-order valence-electron chi connectivity index (χ4n) is 2.11. The number of nitrogens with zero attached hydrogens (tertiary/aromatic N) is 1. The number of thiol groups is 1. The molecule has 1 rings (SSSR count). The maximum atomic E-state index is 4.54. The van der Waals surface area contributed by atoms with Crippen molar-refractivity contribution in [1.29, 1.82) is 0 Å². The van der Waals surface area contributed by atoms with Crippen molar-refractivity contribution in [3.05, 3.63) is 29.8 Å². The van der Waals surface area contributed by atoms with Crippen LogP contribution >= 0.6 is 12.6 Å². The lowest BCUT2D eigenvalue weighted by Gasteiger charge is -2.29. The van der Waals surface area contributed by atoms with Crippen LogP contribution in [-0.4, -0.2) is 18.0 Å². The van der Waals surface area contributed by atoms with E-state index < -0.39 is 0 Å². The second-order valence-electron chi connectivity index (χ2n) is 4.27. The molecular formula is C14H23NS. The lowest BCUT2D eigenvalue weighted by molar-refractivity contribution is 0.209. The molecule has 0 radical (unpaired) electrons. The maximum absolute atomic E-state index is 4.54. The molecule has 1 nitrogen and oxygen atoms in total. The van der Waals surface area contributed by atoms with Gasteiger partial charge in [-0.15, -0.1) is 12.6 Å². The normalized spacial score (nSPS) is 13.1. The molecular weight excluding hydrogens is 214 g/mol. The first-order valence-corrected chi connectivity index (χ1v) is 6.67. The Morgan fingerprint density at radius 1 is 1.12 bits per heavy atom. The molecule has 0 aliphatic rings. The van der Waals surface area contributed by atoms with Gasteiger partial charge in [0.2, 0.25) is 0 Å². The van der Waals surface area contributed by atoms with Crippen molar-refractivity contribution < 1.29 is 0 Å². The number of benzene rings is 1. The van der Waals surface area contributed by atoms with Crippen molar-refractivity contribution in [2.45, 2.75) is 44.6 Å². The van der Waals surface area contributed by atoms with Crippen LogP contribution in [0.5, 0.6) is 0 Å². The van der Waals surface area contributed by atoms with Gasteiger partial charge in [0.25, 0.3) is 0 Å². The summed E-state index contributed by atoms with van der Waals surface area (Å²) >= 11 is 4.54. The summed E-state index contributed by atoms with van der Waals surface area (Å²) in [7, 11) is 0. The second kappa shape index (κ2) is 6.97. The Morgan fingerprint density at radius 2 is 1.69 bits per heavy atom. The van der Waals surface area contributed by atoms with E-state index in [2.05, 4.69) is 56.5 Å². The van der Waals surface area contributed by atoms with Gasteiger partial charge in [0.1, 0.15) is 0 Å². The molecule has 0 aliphatic carbocycles. The first-order valence-electron chi connectivity index (χ1n) is 6.22. The van der Waals surface area contributed by atoms with Gasteiger partial charge in [-0.1, -0.05) is 32.0 Å². The molecule has 1 atom stereocenters. The quantitative estimate of drug-likeness (QED) is 0.727. The summed E-state index contributed by atoms with van der Waals surface area (Å²) in [6.07, 6.45) is 2.41. The van der Waals surface area contributed by atoms with Crippen LogP contribution in [0.2, 0.25) is 0 Å². The molecule has 0 fully saturated rings. The maximum Gasteiger partial charge on any atom is 0.0330 e. The van der Waals surface area contributed by atoms with Crippen molar-refractivity contribution in [1.82, 2.24) is 4.90 Å². The smallest absolute Gasteiger partial charge is 0.0330 e. The Balaban J connectivity index is 2.81. The molecule has 0 bridgehead atoms. The third kappa shape index (κ3) is 3.53. The van der Waals surface area contributed by atoms with Crippen LogP contribution in [-0.2, 0) is 0 Å². The van der Waals surface area contributed by atoms with Crippen molar-refractivity contribution in [2.75, 3.05) is 13.1 Å². The van der Waals surface area contributed by atoms with E-state index in [9.17, 15) is 0 Å². The average molecular weight is 237 g/mol. The highest BCUT2D eigenvalue weighted by Crippen LogP contribution is 2.26. The Bertz CT molecular complexity index is 305. The van der Waals surface area contributed by atoms with E-state index in [1.54, 1.807) is 0 Å². The van der Waals surface area contributed by atoms with E-state index in [0.717, 1.165) is 18.0 Å². The zero-order valence-electron chi connectivity index (χ0n) is 10.6. The van der Waals surface area contributed by atoms with Gasteiger partial charge in [-0.25, -0.2) is 0 Å². The highest BCUT2D eigenvalue weighted by atomic mass is 32.1. The molecule has 0 heterocycles. The molecule has 2 heteroatoms. The van der Waals surface area contributed by atoms with Crippen LogP contribution in [0.15, 0.2) is 29.2 Å². The van der Waals surface area contributed by atoms with Crippen LogP contribution < -0.4 is 0 Å². The van der Waals surface area contributed by atoms with Gasteiger partial charge in [0, 0.05) is 10.9 Å². The van der Waals surface area contributed by atoms with Crippen molar-refractivity contribution in [2.24, 2.45) is 0 Å². The van der Waals surface area contributed by atoms with Crippen molar-refractivity contribution >= 4 is 12.6 Å². The van der Waals surface area contributed by atoms with Crippen LogP contribution in [0.3, 0.4) is 0 Å². The Morgan fingerprint density at radius 3 is 2.19 bits per heavy atom. The van der Waals surface area contributed by atoms with Gasteiger partial charge in [-0.3, -0.25) is 4.90 Å². The van der Waals surface area contributed by atoms with Gasteiger partial charge in [0.15, 0.2) is 0 Å². The molecule has 0 aliphatic heterocycles. The summed E-state index contributed by atoms with van der Waals surface area (Å²) < 4.78 is 0. The third-order valence-electron chi connectivity index (χ3n) is 2.96. The highest BCUT2D eigenvalue weighted by Gasteiger charge is 2.15. The summed E-state index contributed by atoms with van der Waals surface area (Å²) in [5, 5.41) is 0. The predicted molar refractivity (Wildman–Crippen MR) is 74.3 cm³/mol. The summed E-state index contributed by atoms with van der Waals surface area (Å²) in [5.41, 5.74) is 1.34. The van der Waals surface area contributed by atoms with Crippen molar-refractivity contribution in [3.8, 4) is 0 Å². The van der Waals surface area contributed by atoms with Crippen LogP contribution in [0.25, 0.3) is 0 Å². The molecule has 16 heavy (non-hydrogen) atoms. The predicted octanol–water partition coefficient (Wildman–Crippen LogP) is 4.16. The fourth-order valence-corrected chi connectivity index (χ4v) is 2.46. The first-order chi connectivity index (χ1) is 7.70. The Labute approximate surface area is 105 Å². The van der Waals surface area contributed by atoms with Gasteiger partial charge in [-0.2, -0.15) is 0 Å². The number of rotatable bonds is 6. The van der Waals surface area contributed by atoms with E-state index in [1.807, 2.05) is 6.07 Å². The standard InChI is InChI=1S/C14H23NS/c1-4-10-15(11-5-2)12(3)13-8-6-7-9-14(13)16/h6-9,12,16H,4-5,10-11H2,1-3H3. The molecule has 90 valence electrons. The number of hydrogen-bond acceptors (Lipinski definition) is 2. The van der Waals surface area contributed by atoms with Gasteiger partial charge < -0.3 is 0 Å². The van der Waals surface area contributed by atoms with E-state index in [0.29, 0.717) is 6.04 Å². The van der Waals surface area contributed by atoms with E-state index in [-0.39, 0.29) is 0 Å². The van der Waals surface area contributed by atoms with Gasteiger partial charge in [0.05, 0.1) is 0 Å². The van der Waals surface area contributed by atoms with Gasteiger partial charge in [-0.05, 0) is 44.5 Å². The SMILES string of the molecule is CCCN(CCC)C(C)c1ccccc1S. The summed E-state index contributed by atoms with van der Waals surface area (Å²) in [5.74, 6) is 0. The molecule has 1 aromatic carbocycles. The Kier molecular flexibility index (Phi) is 5.93. The van der Waals surface area contributed by atoms with Crippen LogP contribution in [0.1, 0.15) is 45.2 Å².